The van der Waals surface area contributed by atoms with Gasteiger partial charge in [-0.25, -0.2) is 0 Å². The van der Waals surface area contributed by atoms with Crippen LogP contribution in [0, 0.1) is 0 Å². The minimum absolute atomic E-state index is 0.0871. The summed E-state index contributed by atoms with van der Waals surface area (Å²) in [7, 11) is 0. The van der Waals surface area contributed by atoms with Gasteiger partial charge in [0, 0.05) is 12.5 Å². The zero-order chi connectivity index (χ0) is 16.7. The fourth-order valence-electron chi connectivity index (χ4n) is 2.31. The number of hydrogen-bond acceptors (Lipinski definition) is 4. The van der Waals surface area contributed by atoms with Crippen molar-refractivity contribution in [3.63, 3.8) is 0 Å². The van der Waals surface area contributed by atoms with Crippen LogP contribution >= 0.6 is 0 Å². The molecule has 4 heteroatoms. The summed E-state index contributed by atoms with van der Waals surface area (Å²) in [6.07, 6.45) is 3.14. The Morgan fingerprint density at radius 1 is 1.18 bits per heavy atom. The molecule has 0 heterocycles. The Morgan fingerprint density at radius 3 is 2.32 bits per heavy atom. The summed E-state index contributed by atoms with van der Waals surface area (Å²) in [5.41, 5.74) is 2.44. The Balaban J connectivity index is 3.40. The lowest BCUT2D eigenvalue weighted by molar-refractivity contribution is -0.132. The van der Waals surface area contributed by atoms with E-state index in [9.17, 15) is 9.90 Å². The fourth-order valence-corrected chi connectivity index (χ4v) is 2.31. The highest BCUT2D eigenvalue weighted by Gasteiger charge is 2.21. The third-order valence-corrected chi connectivity index (χ3v) is 3.11. The first kappa shape index (κ1) is 18.1. The molecule has 0 bridgehead atoms. The van der Waals surface area contributed by atoms with Gasteiger partial charge in [-0.3, -0.25) is 4.79 Å². The molecule has 122 valence electrons. The summed E-state index contributed by atoms with van der Waals surface area (Å²) in [6, 6.07) is 1.63. The lowest BCUT2D eigenvalue weighted by Gasteiger charge is -2.19. The maximum absolute atomic E-state index is 11.4. The van der Waals surface area contributed by atoms with Crippen molar-refractivity contribution in [3.8, 4) is 17.2 Å². The molecule has 0 fully saturated rings. The predicted octanol–water partition coefficient (Wildman–Crippen LogP) is 4.18. The van der Waals surface area contributed by atoms with Crippen molar-refractivity contribution in [2.24, 2.45) is 0 Å². The van der Waals surface area contributed by atoms with Crippen LogP contribution in [-0.2, 0) is 17.6 Å². The van der Waals surface area contributed by atoms with Crippen LogP contribution in [0.4, 0.5) is 0 Å². The Labute approximate surface area is 132 Å². The Bertz CT molecular complexity index is 547. The number of carbonyl (C=O) groups excluding carboxylic acids is 1. The van der Waals surface area contributed by atoms with E-state index < -0.39 is 0 Å². The van der Waals surface area contributed by atoms with Gasteiger partial charge in [-0.15, -0.1) is 0 Å². The van der Waals surface area contributed by atoms with Gasteiger partial charge >= 0.3 is 5.97 Å². The summed E-state index contributed by atoms with van der Waals surface area (Å²) in [5, 5.41) is 10.3. The Morgan fingerprint density at radius 2 is 1.82 bits per heavy atom. The van der Waals surface area contributed by atoms with E-state index in [4.69, 9.17) is 9.47 Å². The first-order valence-corrected chi connectivity index (χ1v) is 7.73. The largest absolute Gasteiger partial charge is 0.504 e. The SMILES string of the molecule is C=C(C)COc1c(O)cc(CCC)c(OC(C)=O)c1CCC. The van der Waals surface area contributed by atoms with Gasteiger partial charge in [0.15, 0.2) is 11.5 Å². The van der Waals surface area contributed by atoms with Gasteiger partial charge in [-0.2, -0.15) is 0 Å². The number of benzene rings is 1. The van der Waals surface area contributed by atoms with E-state index in [1.54, 1.807) is 6.07 Å². The first-order valence-electron chi connectivity index (χ1n) is 7.73. The number of phenolic OH excluding ortho intramolecular Hbond substituents is 1. The highest BCUT2D eigenvalue weighted by molar-refractivity contribution is 5.72. The molecule has 1 rings (SSSR count). The quantitative estimate of drug-likeness (QED) is 0.445. The van der Waals surface area contributed by atoms with Gasteiger partial charge in [-0.05, 0) is 37.0 Å². The van der Waals surface area contributed by atoms with Crippen molar-refractivity contribution in [1.82, 2.24) is 0 Å². The highest BCUT2D eigenvalue weighted by Crippen LogP contribution is 2.41. The monoisotopic (exact) mass is 306 g/mol. The molecule has 0 radical (unpaired) electrons. The molecule has 0 aliphatic carbocycles. The molecule has 1 N–H and O–H groups in total. The van der Waals surface area contributed by atoms with E-state index in [1.165, 1.54) is 6.92 Å². The Hall–Kier alpha value is -1.97. The fraction of sp³-hybridized carbons (Fsp3) is 0.500. The number of aromatic hydroxyl groups is 1. The lowest BCUT2D eigenvalue weighted by Crippen LogP contribution is -2.10. The summed E-state index contributed by atoms with van der Waals surface area (Å²) in [6.45, 7) is 11.4. The van der Waals surface area contributed by atoms with Gasteiger partial charge in [0.05, 0.1) is 0 Å². The molecule has 0 atom stereocenters. The number of carbonyl (C=O) groups is 1. The number of esters is 1. The maximum atomic E-state index is 11.4. The topological polar surface area (TPSA) is 55.8 Å². The third-order valence-electron chi connectivity index (χ3n) is 3.11. The molecule has 0 saturated heterocycles. The van der Waals surface area contributed by atoms with E-state index in [1.807, 2.05) is 20.8 Å². The van der Waals surface area contributed by atoms with Crippen molar-refractivity contribution in [3.05, 3.63) is 29.3 Å². The highest BCUT2D eigenvalue weighted by atomic mass is 16.5. The molecule has 0 spiro atoms. The normalized spacial score (nSPS) is 10.4. The van der Waals surface area contributed by atoms with Crippen LogP contribution in [0.25, 0.3) is 0 Å². The Kier molecular flexibility index (Phi) is 6.96. The number of hydrogen-bond donors (Lipinski definition) is 1. The molecule has 0 amide bonds. The van der Waals surface area contributed by atoms with Crippen molar-refractivity contribution in [2.45, 2.75) is 53.4 Å². The smallest absolute Gasteiger partial charge is 0.308 e. The molecule has 1 aromatic carbocycles. The number of rotatable bonds is 8. The minimum atomic E-state index is -0.369. The molecule has 0 unspecified atom stereocenters. The number of ether oxygens (including phenoxy) is 2. The van der Waals surface area contributed by atoms with Gasteiger partial charge in [-0.1, -0.05) is 33.3 Å². The number of aryl methyl sites for hydroxylation is 1. The molecular formula is C18H26O4. The van der Waals surface area contributed by atoms with Crippen molar-refractivity contribution >= 4 is 5.97 Å². The summed E-state index contributed by atoms with van der Waals surface area (Å²) in [4.78, 5) is 11.4. The van der Waals surface area contributed by atoms with Crippen LogP contribution in [0.15, 0.2) is 18.2 Å². The molecule has 4 nitrogen and oxygen atoms in total. The lowest BCUT2D eigenvalue weighted by atomic mass is 9.99. The molecule has 0 saturated carbocycles. The molecule has 1 aromatic rings. The van der Waals surface area contributed by atoms with Gasteiger partial charge in [0.25, 0.3) is 0 Å². The van der Waals surface area contributed by atoms with Crippen LogP contribution < -0.4 is 9.47 Å². The van der Waals surface area contributed by atoms with Gasteiger partial charge in [0.1, 0.15) is 12.4 Å². The van der Waals surface area contributed by atoms with Gasteiger partial charge < -0.3 is 14.6 Å². The summed E-state index contributed by atoms with van der Waals surface area (Å²) < 4.78 is 11.1. The zero-order valence-electron chi connectivity index (χ0n) is 14.0. The van der Waals surface area contributed by atoms with E-state index in [0.717, 1.165) is 36.0 Å². The first-order chi connectivity index (χ1) is 10.4. The average molecular weight is 306 g/mol. The van der Waals surface area contributed by atoms with Crippen LogP contribution in [0.3, 0.4) is 0 Å². The molecule has 0 aromatic heterocycles. The van der Waals surface area contributed by atoms with Crippen LogP contribution in [0.2, 0.25) is 0 Å². The van der Waals surface area contributed by atoms with Crippen molar-refractivity contribution < 1.29 is 19.4 Å². The molecular weight excluding hydrogens is 280 g/mol. The second-order valence-corrected chi connectivity index (χ2v) is 5.53. The molecule has 0 aliphatic heterocycles. The van der Waals surface area contributed by atoms with E-state index in [2.05, 4.69) is 6.58 Å². The van der Waals surface area contributed by atoms with E-state index in [-0.39, 0.29) is 11.7 Å². The van der Waals surface area contributed by atoms with Crippen LogP contribution in [0.5, 0.6) is 17.2 Å². The predicted molar refractivity (Wildman–Crippen MR) is 87.7 cm³/mol. The summed E-state index contributed by atoms with van der Waals surface area (Å²) in [5.74, 6) is 0.641. The van der Waals surface area contributed by atoms with Crippen molar-refractivity contribution in [1.29, 1.82) is 0 Å². The van der Waals surface area contributed by atoms with Gasteiger partial charge in [0.2, 0.25) is 0 Å². The van der Waals surface area contributed by atoms with Crippen molar-refractivity contribution in [2.75, 3.05) is 6.61 Å². The molecule has 22 heavy (non-hydrogen) atoms. The summed E-state index contributed by atoms with van der Waals surface area (Å²) >= 11 is 0. The minimum Gasteiger partial charge on any atom is -0.504 e. The van der Waals surface area contributed by atoms with Crippen LogP contribution in [-0.4, -0.2) is 17.7 Å². The third kappa shape index (κ3) is 4.79. The molecule has 0 aliphatic rings. The second kappa shape index (κ2) is 8.47. The second-order valence-electron chi connectivity index (χ2n) is 5.53. The van der Waals surface area contributed by atoms with E-state index >= 15 is 0 Å². The maximum Gasteiger partial charge on any atom is 0.308 e. The standard InChI is InChI=1S/C18H26O4/c1-6-8-14-10-16(20)18(21-11-12(3)4)15(9-7-2)17(14)22-13(5)19/h10,20H,3,6-9,11H2,1-2,4-5H3. The number of phenols is 1. The van der Waals surface area contributed by atoms with Crippen LogP contribution in [0.1, 0.15) is 51.7 Å². The zero-order valence-corrected chi connectivity index (χ0v) is 14.0. The average Bonchev–Trinajstić information content (AvgIpc) is 2.42. The van der Waals surface area contributed by atoms with E-state index in [0.29, 0.717) is 24.5 Å².